The zero-order chi connectivity index (χ0) is 17.1. The Balaban J connectivity index is 1.76. The molecule has 1 fully saturated rings. The lowest BCUT2D eigenvalue weighted by Crippen LogP contribution is -2.34. The van der Waals surface area contributed by atoms with E-state index in [9.17, 15) is 14.4 Å². The molecule has 0 bridgehead atoms. The number of hydrogen-bond donors (Lipinski definition) is 2. The maximum atomic E-state index is 12.6. The lowest BCUT2D eigenvalue weighted by molar-refractivity contribution is -0.141. The molecule has 2 aromatic rings. The van der Waals surface area contributed by atoms with Gasteiger partial charge in [-0.1, -0.05) is 24.3 Å². The van der Waals surface area contributed by atoms with Gasteiger partial charge in [0.25, 0.3) is 5.91 Å². The van der Waals surface area contributed by atoms with Gasteiger partial charge in [0, 0.05) is 11.6 Å². The molecule has 0 aliphatic heterocycles. The number of carboxylic acids is 1. The van der Waals surface area contributed by atoms with Gasteiger partial charge in [-0.25, -0.2) is 0 Å². The van der Waals surface area contributed by atoms with Crippen LogP contribution in [0.1, 0.15) is 44.9 Å². The average molecular weight is 343 g/mol. The summed E-state index contributed by atoms with van der Waals surface area (Å²) in [5.74, 6) is -1.73. The summed E-state index contributed by atoms with van der Waals surface area (Å²) in [7, 11) is 0. The van der Waals surface area contributed by atoms with E-state index >= 15 is 0 Å². The Bertz CT molecular complexity index is 769. The van der Waals surface area contributed by atoms with Crippen LogP contribution in [0.5, 0.6) is 0 Å². The van der Waals surface area contributed by atoms with Crippen LogP contribution >= 0.6 is 11.3 Å². The second-order valence-corrected chi connectivity index (χ2v) is 6.82. The van der Waals surface area contributed by atoms with Crippen LogP contribution in [0.25, 0.3) is 0 Å². The van der Waals surface area contributed by atoms with Crippen LogP contribution in [-0.2, 0) is 4.79 Å². The van der Waals surface area contributed by atoms with Crippen molar-refractivity contribution in [1.82, 2.24) is 5.32 Å². The molecule has 0 unspecified atom stereocenters. The third-order valence-corrected chi connectivity index (χ3v) is 5.15. The predicted molar refractivity (Wildman–Crippen MR) is 90.4 cm³/mol. The van der Waals surface area contributed by atoms with Crippen molar-refractivity contribution in [2.24, 2.45) is 5.92 Å². The van der Waals surface area contributed by atoms with Gasteiger partial charge in [0.15, 0.2) is 0 Å². The first-order valence-corrected chi connectivity index (χ1v) is 8.65. The number of thiophene rings is 1. The molecule has 1 aromatic heterocycles. The molecule has 3 rings (SSSR count). The van der Waals surface area contributed by atoms with Gasteiger partial charge in [-0.3, -0.25) is 14.4 Å². The molecule has 124 valence electrons. The van der Waals surface area contributed by atoms with Crippen LogP contribution in [0.4, 0.5) is 0 Å². The number of carboxylic acid groups (broad SMARTS) is 1. The van der Waals surface area contributed by atoms with Crippen molar-refractivity contribution in [2.45, 2.75) is 25.3 Å². The van der Waals surface area contributed by atoms with Crippen LogP contribution in [0.3, 0.4) is 0 Å². The molecule has 1 aliphatic carbocycles. The summed E-state index contributed by atoms with van der Waals surface area (Å²) in [6.07, 6.45) is 1.64. The molecule has 6 heteroatoms. The molecule has 2 N–H and O–H groups in total. The van der Waals surface area contributed by atoms with Gasteiger partial charge >= 0.3 is 5.97 Å². The van der Waals surface area contributed by atoms with Gasteiger partial charge in [-0.05, 0) is 36.8 Å². The van der Waals surface area contributed by atoms with E-state index in [0.29, 0.717) is 35.3 Å². The van der Waals surface area contributed by atoms with Crippen molar-refractivity contribution >= 4 is 29.0 Å². The normalized spacial score (nSPS) is 19.8. The van der Waals surface area contributed by atoms with Gasteiger partial charge < -0.3 is 10.4 Å². The Morgan fingerprint density at radius 2 is 1.79 bits per heavy atom. The minimum absolute atomic E-state index is 0.163. The maximum Gasteiger partial charge on any atom is 0.306 e. The molecular formula is C18H17NO4S. The van der Waals surface area contributed by atoms with Crippen molar-refractivity contribution < 1.29 is 19.5 Å². The van der Waals surface area contributed by atoms with E-state index in [2.05, 4.69) is 5.32 Å². The summed E-state index contributed by atoms with van der Waals surface area (Å²) in [5, 5.41) is 13.7. The van der Waals surface area contributed by atoms with Crippen molar-refractivity contribution in [3.63, 3.8) is 0 Å². The predicted octanol–water partition coefficient (Wildman–Crippen LogP) is 2.96. The fourth-order valence-corrected chi connectivity index (χ4v) is 3.70. The zero-order valence-electron chi connectivity index (χ0n) is 12.9. The molecule has 0 saturated heterocycles. The summed E-state index contributed by atoms with van der Waals surface area (Å²) < 4.78 is 0. The van der Waals surface area contributed by atoms with Crippen LogP contribution < -0.4 is 5.32 Å². The first kappa shape index (κ1) is 16.4. The number of amides is 1. The van der Waals surface area contributed by atoms with Crippen molar-refractivity contribution in [3.05, 3.63) is 57.8 Å². The number of ketones is 1. The zero-order valence-corrected chi connectivity index (χ0v) is 13.7. The van der Waals surface area contributed by atoms with E-state index in [4.69, 9.17) is 5.11 Å². The van der Waals surface area contributed by atoms with E-state index < -0.39 is 11.9 Å². The molecule has 1 aliphatic rings. The Morgan fingerprint density at radius 3 is 2.42 bits per heavy atom. The molecule has 5 nitrogen and oxygen atoms in total. The van der Waals surface area contributed by atoms with Crippen molar-refractivity contribution in [2.75, 3.05) is 0 Å². The van der Waals surface area contributed by atoms with E-state index in [1.165, 1.54) is 11.3 Å². The largest absolute Gasteiger partial charge is 0.481 e. The number of carbonyl (C=O) groups is 3. The number of carbonyl (C=O) groups excluding carboxylic acids is 2. The highest BCUT2D eigenvalue weighted by Crippen LogP contribution is 2.26. The molecule has 1 heterocycles. The Hall–Kier alpha value is -2.47. The summed E-state index contributed by atoms with van der Waals surface area (Å²) in [6, 6.07) is 10.1. The van der Waals surface area contributed by atoms with Crippen molar-refractivity contribution in [1.29, 1.82) is 0 Å². The van der Waals surface area contributed by atoms with Crippen LogP contribution in [0.2, 0.25) is 0 Å². The highest BCUT2D eigenvalue weighted by Gasteiger charge is 2.31. The topological polar surface area (TPSA) is 83.5 Å². The second kappa shape index (κ2) is 6.97. The van der Waals surface area contributed by atoms with E-state index in [1.807, 2.05) is 5.38 Å². The minimum Gasteiger partial charge on any atom is -0.481 e. The molecule has 1 saturated carbocycles. The van der Waals surface area contributed by atoms with Crippen LogP contribution in [-0.4, -0.2) is 28.8 Å². The Kier molecular flexibility index (Phi) is 4.76. The molecule has 1 amide bonds. The third-order valence-electron chi connectivity index (χ3n) is 4.28. The quantitative estimate of drug-likeness (QED) is 0.818. The maximum absolute atomic E-state index is 12.6. The fourth-order valence-electron chi connectivity index (χ4n) is 3.02. The molecule has 24 heavy (non-hydrogen) atoms. The highest BCUT2D eigenvalue weighted by molar-refractivity contribution is 7.12. The lowest BCUT2D eigenvalue weighted by Gasteiger charge is -2.14. The number of aliphatic carboxylic acids is 1. The highest BCUT2D eigenvalue weighted by atomic mass is 32.1. The number of nitrogens with one attached hydrogen (secondary N) is 1. The Labute approximate surface area is 143 Å². The number of rotatable bonds is 5. The molecule has 0 spiro atoms. The molecular weight excluding hydrogens is 326 g/mol. The standard InChI is InChI=1S/C18H17NO4S/c20-16(15-6-3-9-24-15)13-4-1-2-5-14(13)17(21)19-12-8-7-11(10-12)18(22)23/h1-6,9,11-12H,7-8,10H2,(H,19,21)(H,22,23)/t11-,12+/m0/s1. The first-order valence-electron chi connectivity index (χ1n) is 7.77. The van der Waals surface area contributed by atoms with E-state index in [0.717, 1.165) is 0 Å². The SMILES string of the molecule is O=C(N[C@@H]1CC[C@H](C(=O)O)C1)c1ccccc1C(=O)c1cccs1. The lowest BCUT2D eigenvalue weighted by atomic mass is 10.0. The van der Waals surface area contributed by atoms with Gasteiger partial charge in [-0.2, -0.15) is 0 Å². The average Bonchev–Trinajstić information content (AvgIpc) is 3.26. The first-order chi connectivity index (χ1) is 11.6. The van der Waals surface area contributed by atoms with Crippen LogP contribution in [0.15, 0.2) is 41.8 Å². The Morgan fingerprint density at radius 1 is 1.04 bits per heavy atom. The van der Waals surface area contributed by atoms with Gasteiger partial charge in [0.2, 0.25) is 5.78 Å². The summed E-state index contributed by atoms with van der Waals surface area (Å²) in [4.78, 5) is 36.7. The summed E-state index contributed by atoms with van der Waals surface area (Å²) >= 11 is 1.34. The third kappa shape index (κ3) is 3.38. The van der Waals surface area contributed by atoms with E-state index in [-0.39, 0.29) is 17.7 Å². The smallest absolute Gasteiger partial charge is 0.306 e. The van der Waals surface area contributed by atoms with E-state index in [1.54, 1.807) is 36.4 Å². The number of hydrogen-bond acceptors (Lipinski definition) is 4. The minimum atomic E-state index is -0.819. The van der Waals surface area contributed by atoms with Crippen LogP contribution in [0, 0.1) is 5.92 Å². The molecule has 2 atom stereocenters. The fraction of sp³-hybridized carbons (Fsp3) is 0.278. The molecule has 1 aromatic carbocycles. The monoisotopic (exact) mass is 343 g/mol. The van der Waals surface area contributed by atoms with Gasteiger partial charge in [0.05, 0.1) is 16.4 Å². The van der Waals surface area contributed by atoms with Gasteiger partial charge in [0.1, 0.15) is 0 Å². The second-order valence-electron chi connectivity index (χ2n) is 5.87. The molecule has 0 radical (unpaired) electrons. The number of benzene rings is 1. The van der Waals surface area contributed by atoms with Crippen molar-refractivity contribution in [3.8, 4) is 0 Å². The van der Waals surface area contributed by atoms with Gasteiger partial charge in [-0.15, -0.1) is 11.3 Å². The summed E-state index contributed by atoms with van der Waals surface area (Å²) in [6.45, 7) is 0. The summed E-state index contributed by atoms with van der Waals surface area (Å²) in [5.41, 5.74) is 0.694.